The van der Waals surface area contributed by atoms with Crippen LogP contribution in [0.2, 0.25) is 0 Å². The number of nitrogens with one attached hydrogen (secondary N) is 1. The number of carbonyl (C=O) groups is 1. The molecule has 0 radical (unpaired) electrons. The van der Waals surface area contributed by atoms with Crippen molar-refractivity contribution in [1.29, 1.82) is 0 Å². The van der Waals surface area contributed by atoms with Crippen LogP contribution in [0.15, 0.2) is 42.5 Å². The lowest BCUT2D eigenvalue weighted by atomic mass is 10.1. The van der Waals surface area contributed by atoms with Gasteiger partial charge in [-0.2, -0.15) is 0 Å². The van der Waals surface area contributed by atoms with Gasteiger partial charge in [0.05, 0.1) is 0 Å². The second kappa shape index (κ2) is 6.79. The van der Waals surface area contributed by atoms with Crippen molar-refractivity contribution in [2.24, 2.45) is 0 Å². The van der Waals surface area contributed by atoms with Gasteiger partial charge >= 0.3 is 5.97 Å². The van der Waals surface area contributed by atoms with Crippen molar-refractivity contribution >= 4 is 11.7 Å². The third kappa shape index (κ3) is 4.24. The van der Waals surface area contributed by atoms with E-state index < -0.39 is 5.97 Å². The van der Waals surface area contributed by atoms with Gasteiger partial charge in [-0.1, -0.05) is 30.3 Å². The molecule has 2 rings (SSSR count). The summed E-state index contributed by atoms with van der Waals surface area (Å²) in [4.78, 5) is 10.6. The minimum absolute atomic E-state index is 0.333. The first-order valence-electron chi connectivity index (χ1n) is 6.80. The van der Waals surface area contributed by atoms with Crippen molar-refractivity contribution < 1.29 is 14.6 Å². The van der Waals surface area contributed by atoms with E-state index in [0.717, 1.165) is 11.3 Å². The Morgan fingerprint density at radius 1 is 1.19 bits per heavy atom. The Morgan fingerprint density at radius 3 is 2.71 bits per heavy atom. The first kappa shape index (κ1) is 14.9. The molecule has 0 unspecified atom stereocenters. The van der Waals surface area contributed by atoms with E-state index in [-0.39, 0.29) is 6.61 Å². The third-order valence-electron chi connectivity index (χ3n) is 3.19. The van der Waals surface area contributed by atoms with Crippen LogP contribution in [0, 0.1) is 13.8 Å². The quantitative estimate of drug-likeness (QED) is 0.854. The third-order valence-corrected chi connectivity index (χ3v) is 3.19. The van der Waals surface area contributed by atoms with Crippen LogP contribution in [0.3, 0.4) is 0 Å². The zero-order valence-corrected chi connectivity index (χ0v) is 12.2. The molecular weight excluding hydrogens is 266 g/mol. The molecule has 21 heavy (non-hydrogen) atoms. The zero-order valence-electron chi connectivity index (χ0n) is 12.2. The largest absolute Gasteiger partial charge is 0.482 e. The van der Waals surface area contributed by atoms with Crippen LogP contribution < -0.4 is 10.1 Å². The molecule has 4 nitrogen and oxygen atoms in total. The van der Waals surface area contributed by atoms with Crippen molar-refractivity contribution in [3.63, 3.8) is 0 Å². The number of aliphatic carboxylic acids is 1. The Labute approximate surface area is 124 Å². The van der Waals surface area contributed by atoms with E-state index in [1.165, 1.54) is 11.1 Å². The van der Waals surface area contributed by atoms with Gasteiger partial charge in [0.15, 0.2) is 6.61 Å². The fourth-order valence-corrected chi connectivity index (χ4v) is 2.05. The highest BCUT2D eigenvalue weighted by molar-refractivity contribution is 5.68. The van der Waals surface area contributed by atoms with Gasteiger partial charge in [-0.3, -0.25) is 0 Å². The van der Waals surface area contributed by atoms with Gasteiger partial charge in [-0.05, 0) is 37.1 Å². The van der Waals surface area contributed by atoms with E-state index in [9.17, 15) is 4.79 Å². The first-order valence-corrected chi connectivity index (χ1v) is 6.80. The number of rotatable bonds is 6. The lowest BCUT2D eigenvalue weighted by Crippen LogP contribution is -2.11. The van der Waals surface area contributed by atoms with Crippen LogP contribution in [0.4, 0.5) is 5.69 Å². The van der Waals surface area contributed by atoms with Crippen molar-refractivity contribution in [1.82, 2.24) is 0 Å². The number of ether oxygens (including phenoxy) is 1. The van der Waals surface area contributed by atoms with Gasteiger partial charge in [0.25, 0.3) is 0 Å². The maximum atomic E-state index is 10.6. The van der Waals surface area contributed by atoms with E-state index in [0.29, 0.717) is 12.3 Å². The Hall–Kier alpha value is -2.49. The summed E-state index contributed by atoms with van der Waals surface area (Å²) in [6, 6.07) is 13.7. The van der Waals surface area contributed by atoms with Gasteiger partial charge in [-0.25, -0.2) is 4.79 Å². The molecule has 0 aliphatic rings. The molecule has 0 fully saturated rings. The lowest BCUT2D eigenvalue weighted by molar-refractivity contribution is -0.139. The molecule has 110 valence electrons. The molecule has 0 heterocycles. The molecule has 0 spiro atoms. The number of carboxylic acid groups (broad SMARTS) is 1. The molecular formula is C17H19NO3. The minimum atomic E-state index is -0.979. The van der Waals surface area contributed by atoms with Gasteiger partial charge < -0.3 is 15.2 Å². The molecule has 2 aromatic rings. The predicted molar refractivity (Wildman–Crippen MR) is 82.8 cm³/mol. The standard InChI is InChI=1S/C17H19NO3/c1-12-7-8-13(2)15(9-12)18-10-14-5-3-4-6-16(14)21-11-17(19)20/h3-9,18H,10-11H2,1-2H3,(H,19,20). The highest BCUT2D eigenvalue weighted by atomic mass is 16.5. The van der Waals surface area contributed by atoms with E-state index in [4.69, 9.17) is 9.84 Å². The van der Waals surface area contributed by atoms with Gasteiger partial charge in [0, 0.05) is 17.8 Å². The van der Waals surface area contributed by atoms with Crippen molar-refractivity contribution in [2.75, 3.05) is 11.9 Å². The minimum Gasteiger partial charge on any atom is -0.482 e. The van der Waals surface area contributed by atoms with E-state index in [2.05, 4.69) is 37.4 Å². The van der Waals surface area contributed by atoms with E-state index >= 15 is 0 Å². The number of hydrogen-bond acceptors (Lipinski definition) is 3. The highest BCUT2D eigenvalue weighted by Gasteiger charge is 2.06. The Morgan fingerprint density at radius 2 is 1.95 bits per heavy atom. The van der Waals surface area contributed by atoms with Crippen LogP contribution in [0.25, 0.3) is 0 Å². The van der Waals surface area contributed by atoms with Crippen LogP contribution in [0.5, 0.6) is 5.75 Å². The Kier molecular flexibility index (Phi) is 4.82. The maximum Gasteiger partial charge on any atom is 0.341 e. The Bertz CT molecular complexity index is 638. The number of anilines is 1. The molecule has 0 bridgehead atoms. The van der Waals surface area contributed by atoms with Crippen molar-refractivity contribution in [2.45, 2.75) is 20.4 Å². The van der Waals surface area contributed by atoms with Crippen molar-refractivity contribution in [3.8, 4) is 5.75 Å². The zero-order chi connectivity index (χ0) is 15.2. The fourth-order valence-electron chi connectivity index (χ4n) is 2.05. The summed E-state index contributed by atoms with van der Waals surface area (Å²) >= 11 is 0. The molecule has 0 amide bonds. The maximum absolute atomic E-state index is 10.6. The number of hydrogen-bond donors (Lipinski definition) is 2. The molecule has 0 aliphatic carbocycles. The van der Waals surface area contributed by atoms with E-state index in [1.807, 2.05) is 18.2 Å². The molecule has 0 aliphatic heterocycles. The topological polar surface area (TPSA) is 58.6 Å². The van der Waals surface area contributed by atoms with Gasteiger partial charge in [-0.15, -0.1) is 0 Å². The highest BCUT2D eigenvalue weighted by Crippen LogP contribution is 2.21. The second-order valence-corrected chi connectivity index (χ2v) is 4.96. The summed E-state index contributed by atoms with van der Waals surface area (Å²) in [5.41, 5.74) is 4.37. The summed E-state index contributed by atoms with van der Waals surface area (Å²) < 4.78 is 5.30. The molecule has 0 atom stereocenters. The van der Waals surface area contributed by atoms with Crippen molar-refractivity contribution in [3.05, 3.63) is 59.2 Å². The molecule has 2 N–H and O–H groups in total. The number of aryl methyl sites for hydroxylation is 2. The SMILES string of the molecule is Cc1ccc(C)c(NCc2ccccc2OCC(=O)O)c1. The average molecular weight is 285 g/mol. The lowest BCUT2D eigenvalue weighted by Gasteiger charge is -2.13. The summed E-state index contributed by atoms with van der Waals surface area (Å²) in [5, 5.41) is 12.1. The summed E-state index contributed by atoms with van der Waals surface area (Å²) in [6.07, 6.45) is 0. The molecule has 4 heteroatoms. The summed E-state index contributed by atoms with van der Waals surface area (Å²) in [5.74, 6) is -0.384. The smallest absolute Gasteiger partial charge is 0.341 e. The van der Waals surface area contributed by atoms with E-state index in [1.54, 1.807) is 6.07 Å². The summed E-state index contributed by atoms with van der Waals surface area (Å²) in [6.45, 7) is 4.35. The number of benzene rings is 2. The predicted octanol–water partition coefficient (Wildman–Crippen LogP) is 3.38. The van der Waals surface area contributed by atoms with Crippen LogP contribution in [-0.4, -0.2) is 17.7 Å². The second-order valence-electron chi connectivity index (χ2n) is 4.96. The fraction of sp³-hybridized carbons (Fsp3) is 0.235. The van der Waals surface area contributed by atoms with Gasteiger partial charge in [0.1, 0.15) is 5.75 Å². The number of para-hydroxylation sites is 1. The monoisotopic (exact) mass is 285 g/mol. The van der Waals surface area contributed by atoms with Crippen LogP contribution in [0.1, 0.15) is 16.7 Å². The average Bonchev–Trinajstić information content (AvgIpc) is 2.47. The van der Waals surface area contributed by atoms with Crippen LogP contribution in [-0.2, 0) is 11.3 Å². The Balaban J connectivity index is 2.09. The first-order chi connectivity index (χ1) is 10.1. The normalized spacial score (nSPS) is 10.2. The molecule has 0 saturated carbocycles. The molecule has 0 aromatic heterocycles. The van der Waals surface area contributed by atoms with Crippen LogP contribution >= 0.6 is 0 Å². The molecule has 2 aromatic carbocycles. The van der Waals surface area contributed by atoms with Gasteiger partial charge in [0.2, 0.25) is 0 Å². The molecule has 0 saturated heterocycles. The number of carboxylic acids is 1. The summed E-state index contributed by atoms with van der Waals surface area (Å²) in [7, 11) is 0.